The van der Waals surface area contributed by atoms with E-state index in [1.54, 1.807) is 11.0 Å². The van der Waals surface area contributed by atoms with Gasteiger partial charge in [0.25, 0.3) is 0 Å². The summed E-state index contributed by atoms with van der Waals surface area (Å²) in [6.45, 7) is 11.7. The van der Waals surface area contributed by atoms with E-state index in [9.17, 15) is 9.18 Å². The Hall–Kier alpha value is -3.60. The molecule has 4 rings (SSSR count). The second-order valence-corrected chi connectivity index (χ2v) is 8.80. The van der Waals surface area contributed by atoms with Crippen molar-refractivity contribution in [2.75, 3.05) is 13.1 Å². The Bertz CT molecular complexity index is 1330. The lowest BCUT2D eigenvalue weighted by Gasteiger charge is -2.20. The first kappa shape index (κ1) is 23.6. The maximum Gasteiger partial charge on any atom is 0.415 e. The molecule has 3 aromatic carbocycles. The standard InChI is InChI=1S/C29H31FN2O2/c1-6-31(7-2)29(33)34-27-11-10-26-25(28(27)22-15-19(3)14-20(4)16-22)12-13-32(26)18-23-17-24(30)9-8-21(23)5/h8-17H,6-7,18H2,1-5H3. The van der Waals surface area contributed by atoms with Crippen molar-refractivity contribution in [3.63, 3.8) is 0 Å². The number of fused-ring (bicyclic) bond motifs is 1. The largest absolute Gasteiger partial charge is 0.415 e. The maximum atomic E-state index is 13.9. The van der Waals surface area contributed by atoms with Crippen molar-refractivity contribution in [1.82, 2.24) is 9.47 Å². The third kappa shape index (κ3) is 4.69. The van der Waals surface area contributed by atoms with E-state index in [4.69, 9.17) is 4.74 Å². The molecule has 0 radical (unpaired) electrons. The summed E-state index contributed by atoms with van der Waals surface area (Å²) in [5, 5.41) is 0.990. The third-order valence-corrected chi connectivity index (χ3v) is 6.30. The third-order valence-electron chi connectivity index (χ3n) is 6.30. The summed E-state index contributed by atoms with van der Waals surface area (Å²) in [6.07, 6.45) is 1.65. The zero-order valence-electron chi connectivity index (χ0n) is 20.5. The van der Waals surface area contributed by atoms with Crippen molar-refractivity contribution < 1.29 is 13.9 Å². The van der Waals surface area contributed by atoms with Gasteiger partial charge in [-0.25, -0.2) is 9.18 Å². The van der Waals surface area contributed by atoms with E-state index in [1.807, 2.05) is 51.2 Å². The fraction of sp³-hybridized carbons (Fsp3) is 0.276. The smallest absolute Gasteiger partial charge is 0.410 e. The number of aromatic nitrogens is 1. The highest BCUT2D eigenvalue weighted by Crippen LogP contribution is 2.39. The summed E-state index contributed by atoms with van der Waals surface area (Å²) >= 11 is 0. The normalized spacial score (nSPS) is 11.1. The summed E-state index contributed by atoms with van der Waals surface area (Å²) < 4.78 is 21.9. The lowest BCUT2D eigenvalue weighted by Crippen LogP contribution is -2.33. The minimum absolute atomic E-state index is 0.237. The van der Waals surface area contributed by atoms with Crippen LogP contribution >= 0.6 is 0 Å². The van der Waals surface area contributed by atoms with Crippen LogP contribution < -0.4 is 4.74 Å². The minimum Gasteiger partial charge on any atom is -0.410 e. The van der Waals surface area contributed by atoms with Crippen molar-refractivity contribution in [3.8, 4) is 16.9 Å². The number of benzene rings is 3. The van der Waals surface area contributed by atoms with Crippen molar-refractivity contribution >= 4 is 17.0 Å². The molecule has 176 valence electrons. The van der Waals surface area contributed by atoms with Gasteiger partial charge in [0.1, 0.15) is 11.6 Å². The first-order valence-electron chi connectivity index (χ1n) is 11.7. The molecule has 1 amide bonds. The molecule has 1 aromatic heterocycles. The van der Waals surface area contributed by atoms with Gasteiger partial charge in [-0.05, 0) is 81.6 Å². The van der Waals surface area contributed by atoms with Crippen LogP contribution in [0.4, 0.5) is 9.18 Å². The maximum absolute atomic E-state index is 13.9. The van der Waals surface area contributed by atoms with Crippen LogP contribution in [0.3, 0.4) is 0 Å². The van der Waals surface area contributed by atoms with Crippen LogP contribution in [0.5, 0.6) is 5.75 Å². The van der Waals surface area contributed by atoms with Gasteiger partial charge < -0.3 is 14.2 Å². The number of carbonyl (C=O) groups excluding carboxylic acids is 1. The molecule has 4 nitrogen and oxygen atoms in total. The molecule has 34 heavy (non-hydrogen) atoms. The molecule has 1 heterocycles. The Morgan fingerprint density at radius 2 is 1.65 bits per heavy atom. The molecular formula is C29H31FN2O2. The lowest BCUT2D eigenvalue weighted by molar-refractivity contribution is 0.157. The van der Waals surface area contributed by atoms with Crippen LogP contribution in [0.2, 0.25) is 0 Å². The van der Waals surface area contributed by atoms with E-state index in [0.717, 1.165) is 44.3 Å². The van der Waals surface area contributed by atoms with Crippen LogP contribution in [0.1, 0.15) is 36.1 Å². The number of nitrogens with zero attached hydrogens (tertiary/aromatic N) is 2. The van der Waals surface area contributed by atoms with Gasteiger partial charge in [-0.1, -0.05) is 35.4 Å². The Kier molecular flexibility index (Phi) is 6.73. The topological polar surface area (TPSA) is 34.5 Å². The Balaban J connectivity index is 1.86. The zero-order chi connectivity index (χ0) is 24.4. The first-order chi connectivity index (χ1) is 16.3. The average molecular weight is 459 g/mol. The molecule has 0 atom stereocenters. The summed E-state index contributed by atoms with van der Waals surface area (Å²) in [7, 11) is 0. The SMILES string of the molecule is CCN(CC)C(=O)Oc1ccc2c(ccn2Cc2cc(F)ccc2C)c1-c1cc(C)cc(C)c1. The number of amides is 1. The van der Waals surface area contributed by atoms with Crippen molar-refractivity contribution in [1.29, 1.82) is 0 Å². The Morgan fingerprint density at radius 1 is 0.941 bits per heavy atom. The predicted molar refractivity (Wildman–Crippen MR) is 136 cm³/mol. The van der Waals surface area contributed by atoms with E-state index < -0.39 is 0 Å². The summed E-state index contributed by atoms with van der Waals surface area (Å²) in [4.78, 5) is 14.5. The molecule has 0 N–H and O–H groups in total. The van der Waals surface area contributed by atoms with E-state index in [0.29, 0.717) is 25.4 Å². The van der Waals surface area contributed by atoms with Crippen LogP contribution in [-0.4, -0.2) is 28.6 Å². The van der Waals surface area contributed by atoms with Gasteiger partial charge in [0.15, 0.2) is 0 Å². The van der Waals surface area contributed by atoms with Gasteiger partial charge >= 0.3 is 6.09 Å². The minimum atomic E-state index is -0.357. The van der Waals surface area contributed by atoms with Gasteiger partial charge in [-0.2, -0.15) is 0 Å². The summed E-state index contributed by atoms with van der Waals surface area (Å²) in [5.74, 6) is 0.299. The molecule has 4 aromatic rings. The number of hydrogen-bond acceptors (Lipinski definition) is 2. The lowest BCUT2D eigenvalue weighted by atomic mass is 9.97. The average Bonchev–Trinajstić information content (AvgIpc) is 3.19. The van der Waals surface area contributed by atoms with E-state index >= 15 is 0 Å². The summed E-state index contributed by atoms with van der Waals surface area (Å²) in [6, 6.07) is 17.1. The molecule has 5 heteroatoms. The molecule has 0 saturated heterocycles. The number of ether oxygens (including phenoxy) is 1. The number of aryl methyl sites for hydroxylation is 3. The second kappa shape index (κ2) is 9.72. The quantitative estimate of drug-likeness (QED) is 0.305. The van der Waals surface area contributed by atoms with Gasteiger partial charge in [0, 0.05) is 42.3 Å². The van der Waals surface area contributed by atoms with E-state index in [-0.39, 0.29) is 11.9 Å². The van der Waals surface area contributed by atoms with Crippen LogP contribution in [0.15, 0.2) is 60.8 Å². The Morgan fingerprint density at radius 3 is 2.32 bits per heavy atom. The van der Waals surface area contributed by atoms with E-state index in [2.05, 4.69) is 36.6 Å². The fourth-order valence-electron chi connectivity index (χ4n) is 4.53. The molecular weight excluding hydrogens is 427 g/mol. The molecule has 0 spiro atoms. The van der Waals surface area contributed by atoms with Crippen molar-refractivity contribution in [2.24, 2.45) is 0 Å². The molecule has 0 aliphatic heterocycles. The second-order valence-electron chi connectivity index (χ2n) is 8.80. The molecule has 0 bridgehead atoms. The van der Waals surface area contributed by atoms with E-state index in [1.165, 1.54) is 6.07 Å². The molecule has 0 aliphatic rings. The van der Waals surface area contributed by atoms with Gasteiger partial charge in [0.05, 0.1) is 0 Å². The van der Waals surface area contributed by atoms with Gasteiger partial charge in [-0.3, -0.25) is 0 Å². The van der Waals surface area contributed by atoms with Crippen molar-refractivity contribution in [3.05, 3.63) is 88.9 Å². The molecule has 0 unspecified atom stereocenters. The predicted octanol–water partition coefficient (Wildman–Crippen LogP) is 7.26. The number of rotatable bonds is 6. The first-order valence-corrected chi connectivity index (χ1v) is 11.7. The fourth-order valence-corrected chi connectivity index (χ4v) is 4.53. The molecule has 0 saturated carbocycles. The number of carbonyl (C=O) groups is 1. The monoisotopic (exact) mass is 458 g/mol. The van der Waals surface area contributed by atoms with Gasteiger partial charge in [0.2, 0.25) is 0 Å². The van der Waals surface area contributed by atoms with Crippen LogP contribution in [0, 0.1) is 26.6 Å². The Labute approximate surface area is 200 Å². The highest BCUT2D eigenvalue weighted by Gasteiger charge is 2.19. The highest BCUT2D eigenvalue weighted by molar-refractivity contribution is 6.00. The van der Waals surface area contributed by atoms with Crippen LogP contribution in [0.25, 0.3) is 22.0 Å². The molecule has 0 fully saturated rings. The number of hydrogen-bond donors (Lipinski definition) is 0. The van der Waals surface area contributed by atoms with Crippen LogP contribution in [-0.2, 0) is 6.54 Å². The van der Waals surface area contributed by atoms with Crippen molar-refractivity contribution in [2.45, 2.75) is 41.2 Å². The number of halogens is 1. The zero-order valence-corrected chi connectivity index (χ0v) is 20.5. The van der Waals surface area contributed by atoms with Gasteiger partial charge in [-0.15, -0.1) is 0 Å². The molecule has 0 aliphatic carbocycles. The summed E-state index contributed by atoms with van der Waals surface area (Å²) in [5.41, 5.74) is 7.15. The highest BCUT2D eigenvalue weighted by atomic mass is 19.1.